The number of rotatable bonds is 9. The Morgan fingerprint density at radius 3 is 2.31 bits per heavy atom. The second-order valence-electron chi connectivity index (χ2n) is 6.99. The van der Waals surface area contributed by atoms with E-state index in [4.69, 9.17) is 4.74 Å². The van der Waals surface area contributed by atoms with Crippen LogP contribution in [-0.2, 0) is 11.3 Å². The van der Waals surface area contributed by atoms with Gasteiger partial charge in [0.05, 0.1) is 12.4 Å². The van der Waals surface area contributed by atoms with Crippen LogP contribution in [0.4, 0.5) is 0 Å². The molecule has 162 valence electrons. The number of carbonyl (C=O) groups is 1. The molecular weight excluding hydrogens is 420 g/mol. The van der Waals surface area contributed by atoms with Gasteiger partial charge in [0.25, 0.3) is 0 Å². The van der Waals surface area contributed by atoms with Crippen LogP contribution in [0.2, 0.25) is 0 Å². The fourth-order valence-corrected chi connectivity index (χ4v) is 3.99. The molecule has 0 saturated carbocycles. The summed E-state index contributed by atoms with van der Waals surface area (Å²) < 4.78 is 7.54. The van der Waals surface area contributed by atoms with Crippen molar-refractivity contribution in [2.75, 3.05) is 12.4 Å². The van der Waals surface area contributed by atoms with E-state index >= 15 is 0 Å². The van der Waals surface area contributed by atoms with Gasteiger partial charge in [-0.2, -0.15) is 0 Å². The molecule has 4 rings (SSSR count). The third kappa shape index (κ3) is 5.36. The maximum atomic E-state index is 12.4. The molecule has 1 aromatic heterocycles. The largest absolute Gasteiger partial charge is 0.494 e. The summed E-state index contributed by atoms with van der Waals surface area (Å²) in [5, 5.41) is 12.4. The van der Waals surface area contributed by atoms with Crippen molar-refractivity contribution < 1.29 is 9.53 Å². The Morgan fingerprint density at radius 2 is 1.62 bits per heavy atom. The van der Waals surface area contributed by atoms with Crippen molar-refractivity contribution in [3.63, 3.8) is 0 Å². The molecule has 32 heavy (non-hydrogen) atoms. The van der Waals surface area contributed by atoms with Gasteiger partial charge < -0.3 is 10.1 Å². The molecule has 4 aromatic rings. The van der Waals surface area contributed by atoms with Gasteiger partial charge in [0.2, 0.25) is 5.91 Å². The van der Waals surface area contributed by atoms with Crippen molar-refractivity contribution in [1.82, 2.24) is 20.1 Å². The van der Waals surface area contributed by atoms with Crippen LogP contribution in [0.25, 0.3) is 17.1 Å². The Kier molecular flexibility index (Phi) is 7.19. The molecule has 0 spiro atoms. The maximum Gasteiger partial charge on any atom is 0.230 e. The normalized spacial score (nSPS) is 10.7. The van der Waals surface area contributed by atoms with Gasteiger partial charge in [-0.15, -0.1) is 10.2 Å². The predicted octanol–water partition coefficient (Wildman–Crippen LogP) is 4.74. The molecule has 0 aliphatic rings. The van der Waals surface area contributed by atoms with Gasteiger partial charge >= 0.3 is 0 Å². The number of hydrogen-bond acceptors (Lipinski definition) is 5. The zero-order valence-electron chi connectivity index (χ0n) is 17.8. The Labute approximate surface area is 191 Å². The SMILES string of the molecule is CCOc1ccc(-n2c(SCC(=O)NCc3ccccc3)nnc2-c2ccccc2)cc1. The number of amides is 1. The van der Waals surface area contributed by atoms with Crippen molar-refractivity contribution in [2.24, 2.45) is 0 Å². The highest BCUT2D eigenvalue weighted by Gasteiger charge is 2.17. The minimum absolute atomic E-state index is 0.0543. The zero-order valence-corrected chi connectivity index (χ0v) is 18.6. The number of benzene rings is 3. The smallest absolute Gasteiger partial charge is 0.230 e. The van der Waals surface area contributed by atoms with E-state index in [0.29, 0.717) is 18.3 Å². The van der Waals surface area contributed by atoms with Crippen LogP contribution < -0.4 is 10.1 Å². The summed E-state index contributed by atoms with van der Waals surface area (Å²) in [6.07, 6.45) is 0. The second kappa shape index (κ2) is 10.6. The third-order valence-corrected chi connectivity index (χ3v) is 5.67. The molecule has 0 bridgehead atoms. The molecule has 0 unspecified atom stereocenters. The van der Waals surface area contributed by atoms with Gasteiger partial charge in [0.1, 0.15) is 5.75 Å². The van der Waals surface area contributed by atoms with Gasteiger partial charge in [-0.25, -0.2) is 0 Å². The Balaban J connectivity index is 1.53. The van der Waals surface area contributed by atoms with E-state index in [-0.39, 0.29) is 11.7 Å². The minimum atomic E-state index is -0.0543. The van der Waals surface area contributed by atoms with Crippen LogP contribution in [-0.4, -0.2) is 33.0 Å². The molecule has 6 nitrogen and oxygen atoms in total. The molecule has 0 atom stereocenters. The van der Waals surface area contributed by atoms with Crippen LogP contribution in [0.15, 0.2) is 90.1 Å². The molecular formula is C25H24N4O2S. The first kappa shape index (κ1) is 21.6. The first-order valence-corrected chi connectivity index (χ1v) is 11.4. The van der Waals surface area contributed by atoms with Crippen LogP contribution in [0.1, 0.15) is 12.5 Å². The number of nitrogens with zero attached hydrogens (tertiary/aromatic N) is 3. The van der Waals surface area contributed by atoms with E-state index in [1.807, 2.05) is 96.4 Å². The number of nitrogens with one attached hydrogen (secondary N) is 1. The highest BCUT2D eigenvalue weighted by molar-refractivity contribution is 7.99. The van der Waals surface area contributed by atoms with Gasteiger partial charge in [-0.3, -0.25) is 9.36 Å². The lowest BCUT2D eigenvalue weighted by Gasteiger charge is -2.11. The Bertz CT molecular complexity index is 1150. The maximum absolute atomic E-state index is 12.4. The van der Waals surface area contributed by atoms with E-state index in [9.17, 15) is 4.79 Å². The molecule has 0 fully saturated rings. The molecule has 1 heterocycles. The highest BCUT2D eigenvalue weighted by Crippen LogP contribution is 2.28. The molecule has 0 aliphatic heterocycles. The van der Waals surface area contributed by atoms with Crippen LogP contribution >= 0.6 is 11.8 Å². The average molecular weight is 445 g/mol. The predicted molar refractivity (Wildman–Crippen MR) is 127 cm³/mol. The van der Waals surface area contributed by atoms with E-state index in [0.717, 1.165) is 28.4 Å². The van der Waals surface area contributed by atoms with Crippen LogP contribution in [0.3, 0.4) is 0 Å². The second-order valence-corrected chi connectivity index (χ2v) is 7.93. The molecule has 0 saturated heterocycles. The molecule has 7 heteroatoms. The van der Waals surface area contributed by atoms with Crippen molar-refractivity contribution in [1.29, 1.82) is 0 Å². The van der Waals surface area contributed by atoms with E-state index < -0.39 is 0 Å². The van der Waals surface area contributed by atoms with Gasteiger partial charge in [-0.1, -0.05) is 72.4 Å². The minimum Gasteiger partial charge on any atom is -0.494 e. The summed E-state index contributed by atoms with van der Waals surface area (Å²) in [6.45, 7) is 3.07. The zero-order chi connectivity index (χ0) is 22.2. The van der Waals surface area contributed by atoms with Crippen molar-refractivity contribution in [3.8, 4) is 22.8 Å². The van der Waals surface area contributed by atoms with Crippen molar-refractivity contribution in [2.45, 2.75) is 18.6 Å². The fraction of sp³-hybridized carbons (Fsp3) is 0.160. The summed E-state index contributed by atoms with van der Waals surface area (Å²) in [7, 11) is 0. The standard InChI is InChI=1S/C25H24N4O2S/c1-2-31-22-15-13-21(14-16-22)29-24(20-11-7-4-8-12-20)27-28-25(29)32-18-23(30)26-17-19-9-5-3-6-10-19/h3-16H,2,17-18H2,1H3,(H,26,30). The molecule has 0 aliphatic carbocycles. The summed E-state index contributed by atoms with van der Waals surface area (Å²) in [6, 6.07) is 27.5. The van der Waals surface area contributed by atoms with Crippen LogP contribution in [0.5, 0.6) is 5.75 Å². The third-order valence-electron chi connectivity index (χ3n) is 4.74. The Morgan fingerprint density at radius 1 is 0.938 bits per heavy atom. The first-order chi connectivity index (χ1) is 15.7. The number of thioether (sulfide) groups is 1. The monoisotopic (exact) mass is 444 g/mol. The number of hydrogen-bond donors (Lipinski definition) is 1. The van der Waals surface area contributed by atoms with E-state index in [2.05, 4.69) is 15.5 Å². The van der Waals surface area contributed by atoms with E-state index in [1.165, 1.54) is 11.8 Å². The van der Waals surface area contributed by atoms with Crippen molar-refractivity contribution in [3.05, 3.63) is 90.5 Å². The van der Waals surface area contributed by atoms with Gasteiger partial charge in [0.15, 0.2) is 11.0 Å². The van der Waals surface area contributed by atoms with Gasteiger partial charge in [-0.05, 0) is 36.8 Å². The summed E-state index contributed by atoms with van der Waals surface area (Å²) in [5.41, 5.74) is 2.92. The summed E-state index contributed by atoms with van der Waals surface area (Å²) in [5.74, 6) is 1.72. The topological polar surface area (TPSA) is 69.0 Å². The van der Waals surface area contributed by atoms with Gasteiger partial charge in [0, 0.05) is 17.8 Å². The van der Waals surface area contributed by atoms with Crippen LogP contribution in [0, 0.1) is 0 Å². The molecule has 1 N–H and O–H groups in total. The summed E-state index contributed by atoms with van der Waals surface area (Å²) >= 11 is 1.36. The lowest BCUT2D eigenvalue weighted by molar-refractivity contribution is -0.118. The number of carbonyl (C=O) groups excluding carboxylic acids is 1. The number of aromatic nitrogens is 3. The average Bonchev–Trinajstić information content (AvgIpc) is 3.27. The fourth-order valence-electron chi connectivity index (χ4n) is 3.21. The quantitative estimate of drug-likeness (QED) is 0.378. The lowest BCUT2D eigenvalue weighted by atomic mass is 10.2. The molecule has 0 radical (unpaired) electrons. The molecule has 1 amide bonds. The number of ether oxygens (including phenoxy) is 1. The summed E-state index contributed by atoms with van der Waals surface area (Å²) in [4.78, 5) is 12.4. The highest BCUT2D eigenvalue weighted by atomic mass is 32.2. The van der Waals surface area contributed by atoms with Crippen molar-refractivity contribution >= 4 is 17.7 Å². The first-order valence-electron chi connectivity index (χ1n) is 10.4. The Hall–Kier alpha value is -3.58. The lowest BCUT2D eigenvalue weighted by Crippen LogP contribution is -2.24. The van der Waals surface area contributed by atoms with E-state index in [1.54, 1.807) is 0 Å². The molecule has 3 aromatic carbocycles.